The van der Waals surface area contributed by atoms with E-state index in [0.29, 0.717) is 38.9 Å². The molecule has 0 atom stereocenters. The molecule has 0 bridgehead atoms. The second-order valence-corrected chi connectivity index (χ2v) is 9.74. The number of nitrogens with zero attached hydrogens (tertiary/aromatic N) is 3. The number of nitro benzene ring substituents is 1. The molecule has 4 rings (SSSR count). The Balaban J connectivity index is 1.43. The summed E-state index contributed by atoms with van der Waals surface area (Å²) in [5.41, 5.74) is 2.55. The Labute approximate surface area is 175 Å². The average molecular weight is 429 g/mol. The van der Waals surface area contributed by atoms with Gasteiger partial charge >= 0.3 is 0 Å². The van der Waals surface area contributed by atoms with Gasteiger partial charge < -0.3 is 4.90 Å². The number of rotatable bonds is 4. The molecule has 0 aliphatic carbocycles. The third-order valence-electron chi connectivity index (χ3n) is 5.90. The molecule has 1 amide bonds. The van der Waals surface area contributed by atoms with Crippen molar-refractivity contribution in [2.75, 3.05) is 24.5 Å². The van der Waals surface area contributed by atoms with Crippen LogP contribution in [0.25, 0.3) is 0 Å². The van der Waals surface area contributed by atoms with Gasteiger partial charge in [-0.2, -0.15) is 4.31 Å². The van der Waals surface area contributed by atoms with E-state index < -0.39 is 14.9 Å². The Morgan fingerprint density at radius 3 is 2.37 bits per heavy atom. The summed E-state index contributed by atoms with van der Waals surface area (Å²) in [6.07, 6.45) is 1.51. The summed E-state index contributed by atoms with van der Waals surface area (Å²) in [5.74, 6) is -0.286. The topological polar surface area (TPSA) is 101 Å². The first kappa shape index (κ1) is 20.5. The summed E-state index contributed by atoms with van der Waals surface area (Å²) >= 11 is 0. The number of anilines is 1. The highest BCUT2D eigenvalue weighted by Gasteiger charge is 2.36. The number of carbonyl (C=O) groups is 1. The summed E-state index contributed by atoms with van der Waals surface area (Å²) in [4.78, 5) is 25.6. The molecule has 2 aliphatic heterocycles. The van der Waals surface area contributed by atoms with Crippen LogP contribution < -0.4 is 4.90 Å². The molecule has 2 aliphatic rings. The molecule has 2 heterocycles. The number of hydrogen-bond donors (Lipinski definition) is 0. The quantitative estimate of drug-likeness (QED) is 0.549. The summed E-state index contributed by atoms with van der Waals surface area (Å²) in [7, 11) is -3.56. The number of piperidine rings is 1. The van der Waals surface area contributed by atoms with Gasteiger partial charge in [-0.3, -0.25) is 14.9 Å². The number of fused-ring (bicyclic) bond motifs is 1. The average Bonchev–Trinajstić information content (AvgIpc) is 3.17. The Morgan fingerprint density at radius 1 is 1.07 bits per heavy atom. The Morgan fingerprint density at radius 2 is 1.73 bits per heavy atom. The maximum atomic E-state index is 13.1. The van der Waals surface area contributed by atoms with Gasteiger partial charge in [0, 0.05) is 43.4 Å². The van der Waals surface area contributed by atoms with Gasteiger partial charge in [0.1, 0.15) is 0 Å². The van der Waals surface area contributed by atoms with E-state index in [1.807, 2.05) is 6.92 Å². The maximum Gasteiger partial charge on any atom is 0.269 e. The summed E-state index contributed by atoms with van der Waals surface area (Å²) in [6.45, 7) is 3.00. The van der Waals surface area contributed by atoms with Crippen LogP contribution >= 0.6 is 0 Å². The number of non-ortho nitro benzene ring substituents is 1. The highest BCUT2D eigenvalue weighted by atomic mass is 32.2. The van der Waals surface area contributed by atoms with Crippen LogP contribution in [-0.4, -0.2) is 43.2 Å². The van der Waals surface area contributed by atoms with Crippen molar-refractivity contribution in [1.82, 2.24) is 4.31 Å². The van der Waals surface area contributed by atoms with E-state index in [4.69, 9.17) is 0 Å². The normalized spacial score (nSPS) is 17.7. The van der Waals surface area contributed by atoms with Gasteiger partial charge in [0.05, 0.1) is 9.82 Å². The predicted molar refractivity (Wildman–Crippen MR) is 112 cm³/mol. The molecule has 2 aromatic rings. The first-order chi connectivity index (χ1) is 14.3. The molecule has 158 valence electrons. The van der Waals surface area contributed by atoms with E-state index in [1.54, 1.807) is 35.2 Å². The third-order valence-corrected chi connectivity index (χ3v) is 7.81. The molecule has 0 N–H and O–H groups in total. The zero-order valence-corrected chi connectivity index (χ0v) is 17.5. The zero-order valence-electron chi connectivity index (χ0n) is 16.7. The fraction of sp³-hybridized carbons (Fsp3) is 0.381. The van der Waals surface area contributed by atoms with Gasteiger partial charge in [-0.05, 0) is 49.9 Å². The smallest absolute Gasteiger partial charge is 0.269 e. The van der Waals surface area contributed by atoms with Crippen molar-refractivity contribution < 1.29 is 18.1 Å². The molecule has 0 saturated carbocycles. The molecule has 0 spiro atoms. The second-order valence-electron chi connectivity index (χ2n) is 7.80. The van der Waals surface area contributed by atoms with Crippen LogP contribution in [0.2, 0.25) is 0 Å². The van der Waals surface area contributed by atoms with Crippen molar-refractivity contribution >= 4 is 27.3 Å². The highest BCUT2D eigenvalue weighted by molar-refractivity contribution is 7.89. The molecule has 1 fully saturated rings. The van der Waals surface area contributed by atoms with Gasteiger partial charge in [-0.1, -0.05) is 17.7 Å². The van der Waals surface area contributed by atoms with Crippen molar-refractivity contribution in [3.05, 3.63) is 63.7 Å². The Kier molecular flexibility index (Phi) is 5.33. The fourth-order valence-electron chi connectivity index (χ4n) is 4.15. The van der Waals surface area contributed by atoms with Crippen molar-refractivity contribution in [2.24, 2.45) is 5.92 Å². The number of amides is 1. The van der Waals surface area contributed by atoms with E-state index in [2.05, 4.69) is 0 Å². The number of hydrogen-bond acceptors (Lipinski definition) is 5. The van der Waals surface area contributed by atoms with Crippen molar-refractivity contribution in [3.63, 3.8) is 0 Å². The number of carbonyl (C=O) groups excluding carboxylic acids is 1. The van der Waals surface area contributed by atoms with Crippen LogP contribution in [0.3, 0.4) is 0 Å². The second kappa shape index (κ2) is 7.81. The number of aryl methyl sites for hydroxylation is 1. The Bertz CT molecular complexity index is 1090. The number of sulfonamides is 1. The van der Waals surface area contributed by atoms with Crippen LogP contribution in [0.5, 0.6) is 0 Å². The number of benzene rings is 2. The van der Waals surface area contributed by atoms with Gasteiger partial charge in [0.2, 0.25) is 15.9 Å². The van der Waals surface area contributed by atoms with Crippen LogP contribution in [0.1, 0.15) is 24.0 Å². The Hall–Kier alpha value is -2.78. The van der Waals surface area contributed by atoms with Crippen LogP contribution in [0.15, 0.2) is 47.4 Å². The maximum absolute atomic E-state index is 13.1. The van der Waals surface area contributed by atoms with Gasteiger partial charge in [-0.25, -0.2) is 8.42 Å². The summed E-state index contributed by atoms with van der Waals surface area (Å²) < 4.78 is 27.2. The van der Waals surface area contributed by atoms with Crippen LogP contribution in [0.4, 0.5) is 11.4 Å². The largest absolute Gasteiger partial charge is 0.312 e. The van der Waals surface area contributed by atoms with Crippen molar-refractivity contribution in [1.29, 1.82) is 0 Å². The molecule has 9 heteroatoms. The highest BCUT2D eigenvalue weighted by Crippen LogP contribution is 2.34. The van der Waals surface area contributed by atoms with E-state index in [0.717, 1.165) is 16.8 Å². The molecular weight excluding hydrogens is 406 g/mol. The monoisotopic (exact) mass is 429 g/mol. The molecule has 8 nitrogen and oxygen atoms in total. The lowest BCUT2D eigenvalue weighted by atomic mass is 9.96. The summed E-state index contributed by atoms with van der Waals surface area (Å²) in [6, 6.07) is 11.4. The minimum absolute atomic E-state index is 0.0256. The van der Waals surface area contributed by atoms with Gasteiger partial charge in [0.15, 0.2) is 0 Å². The lowest BCUT2D eigenvalue weighted by molar-refractivity contribution is -0.384. The lowest BCUT2D eigenvalue weighted by Crippen LogP contribution is -2.44. The molecule has 30 heavy (non-hydrogen) atoms. The standard InChI is InChI=1S/C21H23N3O5S/c1-15-2-5-19(6-3-15)30(28,29)22-11-8-16(9-12-22)21(25)23-13-10-17-14-18(24(26)27)4-7-20(17)23/h2-7,14,16H,8-13H2,1H3. The number of nitro groups is 1. The molecule has 2 aromatic carbocycles. The van der Waals surface area contributed by atoms with Gasteiger partial charge in [0.25, 0.3) is 5.69 Å². The minimum Gasteiger partial charge on any atom is -0.312 e. The van der Waals surface area contributed by atoms with E-state index in [9.17, 15) is 23.3 Å². The third kappa shape index (κ3) is 3.70. The van der Waals surface area contributed by atoms with E-state index in [1.165, 1.54) is 16.4 Å². The minimum atomic E-state index is -3.56. The van der Waals surface area contributed by atoms with E-state index >= 15 is 0 Å². The summed E-state index contributed by atoms with van der Waals surface area (Å²) in [5, 5.41) is 11.0. The van der Waals surface area contributed by atoms with E-state index in [-0.39, 0.29) is 22.4 Å². The molecule has 0 aromatic heterocycles. The van der Waals surface area contributed by atoms with Crippen molar-refractivity contribution in [2.45, 2.75) is 31.1 Å². The molecule has 1 saturated heterocycles. The molecular formula is C21H23N3O5S. The SMILES string of the molecule is Cc1ccc(S(=O)(=O)N2CCC(C(=O)N3CCc4cc([N+](=O)[O-])ccc43)CC2)cc1. The zero-order chi connectivity index (χ0) is 21.5. The molecule has 0 radical (unpaired) electrons. The van der Waals surface area contributed by atoms with Crippen LogP contribution in [0, 0.1) is 23.0 Å². The first-order valence-corrected chi connectivity index (χ1v) is 11.4. The lowest BCUT2D eigenvalue weighted by Gasteiger charge is -2.32. The van der Waals surface area contributed by atoms with Crippen molar-refractivity contribution in [3.8, 4) is 0 Å². The van der Waals surface area contributed by atoms with Crippen LogP contribution in [-0.2, 0) is 21.2 Å². The van der Waals surface area contributed by atoms with Gasteiger partial charge in [-0.15, -0.1) is 0 Å². The predicted octanol–water partition coefficient (Wildman–Crippen LogP) is 2.89. The first-order valence-electron chi connectivity index (χ1n) is 9.93. The fourth-order valence-corrected chi connectivity index (χ4v) is 5.62. The molecule has 0 unspecified atom stereocenters.